The first-order valence-electron chi connectivity index (χ1n) is 8.99. The molecule has 3 aromatic rings. The first-order valence-corrected chi connectivity index (χ1v) is 8.99. The second-order valence-electron chi connectivity index (χ2n) is 6.64. The summed E-state index contributed by atoms with van der Waals surface area (Å²) in [7, 11) is 1.45. The van der Waals surface area contributed by atoms with Crippen LogP contribution in [0.3, 0.4) is 0 Å². The Morgan fingerprint density at radius 2 is 1.79 bits per heavy atom. The molecule has 0 aliphatic rings. The normalized spacial score (nSPS) is 10.5. The fraction of sp³-hybridized carbons (Fsp3) is 0.286. The number of rotatable bonds is 5. The van der Waals surface area contributed by atoms with Crippen LogP contribution in [-0.2, 0) is 11.2 Å². The van der Waals surface area contributed by atoms with Crippen molar-refractivity contribution in [2.24, 2.45) is 0 Å². The summed E-state index contributed by atoms with van der Waals surface area (Å²) in [6.07, 6.45) is 0.0334. The largest absolute Gasteiger partial charge is 0.493 e. The smallest absolute Gasteiger partial charge is 0.315 e. The van der Waals surface area contributed by atoms with Crippen molar-refractivity contribution in [1.82, 2.24) is 19.7 Å². The third-order valence-corrected chi connectivity index (χ3v) is 4.44. The number of esters is 1. The van der Waals surface area contributed by atoms with Gasteiger partial charge in [0.1, 0.15) is 0 Å². The lowest BCUT2D eigenvalue weighted by molar-refractivity contribution is -0.133. The Morgan fingerprint density at radius 1 is 1.10 bits per heavy atom. The Bertz CT molecular complexity index is 1110. The molecule has 0 spiro atoms. The van der Waals surface area contributed by atoms with Gasteiger partial charge in [0.15, 0.2) is 11.5 Å². The SMILES string of the molecule is COc1cc(C#N)ccc1OC(=O)Cc1c(C)nn(-c2nc(C)cc(C)n2)c1C. The Hall–Kier alpha value is -3.73. The fourth-order valence-corrected chi connectivity index (χ4v) is 3.05. The molecule has 0 radical (unpaired) electrons. The van der Waals surface area contributed by atoms with E-state index in [0.717, 1.165) is 22.6 Å². The van der Waals surface area contributed by atoms with Crippen molar-refractivity contribution in [2.75, 3.05) is 7.11 Å². The molecule has 2 aromatic heterocycles. The van der Waals surface area contributed by atoms with Crippen LogP contribution in [0.15, 0.2) is 24.3 Å². The van der Waals surface area contributed by atoms with E-state index in [1.54, 1.807) is 16.8 Å². The summed E-state index contributed by atoms with van der Waals surface area (Å²) < 4.78 is 12.3. The number of carbonyl (C=O) groups is 1. The van der Waals surface area contributed by atoms with Crippen LogP contribution in [0.4, 0.5) is 0 Å². The van der Waals surface area contributed by atoms with Gasteiger partial charge in [0.2, 0.25) is 0 Å². The number of nitrogens with zero attached hydrogens (tertiary/aromatic N) is 5. The van der Waals surface area contributed by atoms with E-state index in [9.17, 15) is 4.79 Å². The predicted molar refractivity (Wildman–Crippen MR) is 105 cm³/mol. The number of nitriles is 1. The molecule has 0 aliphatic carbocycles. The maximum Gasteiger partial charge on any atom is 0.315 e. The molecule has 0 fully saturated rings. The lowest BCUT2D eigenvalue weighted by Crippen LogP contribution is -2.13. The van der Waals surface area contributed by atoms with Crippen LogP contribution in [0, 0.1) is 39.0 Å². The summed E-state index contributed by atoms with van der Waals surface area (Å²) in [5, 5.41) is 13.5. The van der Waals surface area contributed by atoms with E-state index in [0.29, 0.717) is 23.0 Å². The Labute approximate surface area is 168 Å². The monoisotopic (exact) mass is 391 g/mol. The quantitative estimate of drug-likeness (QED) is 0.486. The van der Waals surface area contributed by atoms with E-state index in [1.165, 1.54) is 13.2 Å². The van der Waals surface area contributed by atoms with E-state index in [4.69, 9.17) is 14.7 Å². The van der Waals surface area contributed by atoms with Crippen LogP contribution in [-0.4, -0.2) is 32.8 Å². The molecule has 29 heavy (non-hydrogen) atoms. The molecule has 8 heteroatoms. The number of hydrogen-bond acceptors (Lipinski definition) is 7. The standard InChI is InChI=1S/C21H21N5O3/c1-12-8-13(2)24-21(23-12)26-15(4)17(14(3)25-26)10-20(27)29-18-7-6-16(11-22)9-19(18)28-5/h6-9H,10H2,1-5H3. The molecule has 0 atom stereocenters. The predicted octanol–water partition coefficient (Wildman–Crippen LogP) is 2.92. The van der Waals surface area contributed by atoms with Crippen molar-refractivity contribution in [1.29, 1.82) is 5.26 Å². The zero-order valence-corrected chi connectivity index (χ0v) is 17.0. The van der Waals surface area contributed by atoms with Gasteiger partial charge >= 0.3 is 5.97 Å². The molecular formula is C21H21N5O3. The molecule has 0 unspecified atom stereocenters. The molecule has 0 bridgehead atoms. The molecule has 8 nitrogen and oxygen atoms in total. The number of aromatic nitrogens is 4. The van der Waals surface area contributed by atoms with Gasteiger partial charge in [-0.3, -0.25) is 4.79 Å². The summed E-state index contributed by atoms with van der Waals surface area (Å²) in [4.78, 5) is 21.4. The van der Waals surface area contributed by atoms with E-state index in [-0.39, 0.29) is 12.2 Å². The van der Waals surface area contributed by atoms with Gasteiger partial charge in [-0.1, -0.05) is 0 Å². The molecule has 2 heterocycles. The van der Waals surface area contributed by atoms with Gasteiger partial charge in [-0.05, 0) is 45.9 Å². The molecule has 3 rings (SSSR count). The maximum absolute atomic E-state index is 12.6. The zero-order chi connectivity index (χ0) is 21.1. The van der Waals surface area contributed by atoms with Crippen molar-refractivity contribution in [3.05, 3.63) is 58.2 Å². The van der Waals surface area contributed by atoms with Gasteiger partial charge in [-0.15, -0.1) is 0 Å². The minimum absolute atomic E-state index is 0.0334. The van der Waals surface area contributed by atoms with Gasteiger partial charge in [-0.25, -0.2) is 14.6 Å². The minimum Gasteiger partial charge on any atom is -0.493 e. The van der Waals surface area contributed by atoms with Gasteiger partial charge in [0.05, 0.1) is 30.9 Å². The van der Waals surface area contributed by atoms with Crippen LogP contribution in [0.1, 0.15) is 33.9 Å². The summed E-state index contributed by atoms with van der Waals surface area (Å²) >= 11 is 0. The van der Waals surface area contributed by atoms with Crippen molar-refractivity contribution in [3.8, 4) is 23.5 Å². The molecule has 0 amide bonds. The average Bonchev–Trinajstić information content (AvgIpc) is 2.95. The maximum atomic E-state index is 12.6. The highest BCUT2D eigenvalue weighted by Gasteiger charge is 2.19. The van der Waals surface area contributed by atoms with Crippen molar-refractivity contribution in [3.63, 3.8) is 0 Å². The number of methoxy groups -OCH3 is 1. The Kier molecular flexibility index (Phi) is 5.59. The third-order valence-electron chi connectivity index (χ3n) is 4.44. The highest BCUT2D eigenvalue weighted by atomic mass is 16.6. The number of carbonyl (C=O) groups excluding carboxylic acids is 1. The molecule has 0 saturated carbocycles. The molecule has 1 aromatic carbocycles. The van der Waals surface area contributed by atoms with Crippen LogP contribution in [0.2, 0.25) is 0 Å². The highest BCUT2D eigenvalue weighted by Crippen LogP contribution is 2.28. The van der Waals surface area contributed by atoms with E-state index in [2.05, 4.69) is 15.1 Å². The van der Waals surface area contributed by atoms with Crippen LogP contribution >= 0.6 is 0 Å². The van der Waals surface area contributed by atoms with Gasteiger partial charge in [0.25, 0.3) is 5.95 Å². The first-order chi connectivity index (χ1) is 13.8. The summed E-state index contributed by atoms with van der Waals surface area (Å²) in [6, 6.07) is 8.54. The number of ether oxygens (including phenoxy) is 2. The van der Waals surface area contributed by atoms with Gasteiger partial charge < -0.3 is 9.47 Å². The zero-order valence-electron chi connectivity index (χ0n) is 17.0. The lowest BCUT2D eigenvalue weighted by Gasteiger charge is -2.10. The second kappa shape index (κ2) is 8.10. The molecule has 0 N–H and O–H groups in total. The summed E-state index contributed by atoms with van der Waals surface area (Å²) in [5.74, 6) is 0.596. The topological polar surface area (TPSA) is 103 Å². The molecule has 148 valence electrons. The van der Waals surface area contributed by atoms with Crippen molar-refractivity contribution in [2.45, 2.75) is 34.1 Å². The Morgan fingerprint density at radius 3 is 2.41 bits per heavy atom. The van der Waals surface area contributed by atoms with Gasteiger partial charge in [-0.2, -0.15) is 10.4 Å². The lowest BCUT2D eigenvalue weighted by atomic mass is 10.1. The second-order valence-corrected chi connectivity index (χ2v) is 6.64. The molecule has 0 saturated heterocycles. The average molecular weight is 391 g/mol. The van der Waals surface area contributed by atoms with Crippen LogP contribution in [0.5, 0.6) is 11.5 Å². The van der Waals surface area contributed by atoms with Crippen molar-refractivity contribution < 1.29 is 14.3 Å². The first kappa shape index (κ1) is 20.0. The Balaban J connectivity index is 1.85. The number of aryl methyl sites for hydroxylation is 3. The highest BCUT2D eigenvalue weighted by molar-refractivity contribution is 5.76. The third kappa shape index (κ3) is 4.24. The summed E-state index contributed by atoms with van der Waals surface area (Å²) in [5.41, 5.74) is 4.33. The number of benzene rings is 1. The number of hydrogen-bond donors (Lipinski definition) is 0. The molecular weight excluding hydrogens is 370 g/mol. The van der Waals surface area contributed by atoms with E-state index < -0.39 is 5.97 Å². The van der Waals surface area contributed by atoms with Crippen LogP contribution < -0.4 is 9.47 Å². The minimum atomic E-state index is -0.458. The van der Waals surface area contributed by atoms with E-state index >= 15 is 0 Å². The summed E-state index contributed by atoms with van der Waals surface area (Å²) in [6.45, 7) is 7.49. The van der Waals surface area contributed by atoms with Crippen LogP contribution in [0.25, 0.3) is 5.95 Å². The fourth-order valence-electron chi connectivity index (χ4n) is 3.05. The van der Waals surface area contributed by atoms with Crippen molar-refractivity contribution >= 4 is 5.97 Å². The van der Waals surface area contributed by atoms with E-state index in [1.807, 2.05) is 39.8 Å². The van der Waals surface area contributed by atoms with Gasteiger partial charge in [0, 0.05) is 28.7 Å². The molecule has 0 aliphatic heterocycles.